The van der Waals surface area contributed by atoms with Crippen molar-refractivity contribution >= 4 is 17.7 Å². The number of fused-ring (bicyclic) bond motifs is 1. The van der Waals surface area contributed by atoms with E-state index in [0.29, 0.717) is 25.3 Å². The summed E-state index contributed by atoms with van der Waals surface area (Å²) < 4.78 is 5.35. The lowest BCUT2D eigenvalue weighted by Gasteiger charge is -2.24. The number of nitrogens with one attached hydrogen (secondary N) is 1. The molecule has 0 radical (unpaired) electrons. The molecule has 1 aliphatic heterocycles. The summed E-state index contributed by atoms with van der Waals surface area (Å²) in [7, 11) is 0. The topological polar surface area (TPSA) is 78.9 Å². The van der Waals surface area contributed by atoms with Gasteiger partial charge in [0.1, 0.15) is 6.04 Å². The van der Waals surface area contributed by atoms with E-state index in [9.17, 15) is 14.7 Å². The zero-order valence-electron chi connectivity index (χ0n) is 12.2. The Hall–Kier alpha value is -2.08. The molecule has 0 fully saturated rings. The molecule has 2 atom stereocenters. The van der Waals surface area contributed by atoms with E-state index >= 15 is 0 Å². The number of carbonyl (C=O) groups is 2. The molecule has 6 nitrogen and oxygen atoms in total. The summed E-state index contributed by atoms with van der Waals surface area (Å²) in [5.41, 5.74) is 1.53. The molecule has 0 aromatic heterocycles. The summed E-state index contributed by atoms with van der Waals surface area (Å²) in [5.74, 6) is -1.00. The minimum absolute atomic E-state index is 0.111. The second-order valence-electron chi connectivity index (χ2n) is 5.01. The van der Waals surface area contributed by atoms with Gasteiger partial charge < -0.3 is 15.2 Å². The Kier molecular flexibility index (Phi) is 4.80. The number of hydrogen-bond donors (Lipinski definition) is 2. The Morgan fingerprint density at radius 2 is 2.19 bits per heavy atom. The van der Waals surface area contributed by atoms with Gasteiger partial charge in [0.15, 0.2) is 0 Å². The van der Waals surface area contributed by atoms with Crippen LogP contribution in [-0.4, -0.2) is 42.4 Å². The molecule has 1 aromatic rings. The fourth-order valence-corrected chi connectivity index (χ4v) is 2.49. The van der Waals surface area contributed by atoms with Gasteiger partial charge in [0, 0.05) is 25.3 Å². The third-order valence-electron chi connectivity index (χ3n) is 3.47. The molecule has 2 amide bonds. The number of hydrogen-bond acceptors (Lipinski definition) is 3. The average Bonchev–Trinajstić information content (AvgIpc) is 2.85. The molecule has 0 bridgehead atoms. The van der Waals surface area contributed by atoms with E-state index in [2.05, 4.69) is 5.32 Å². The predicted molar refractivity (Wildman–Crippen MR) is 78.5 cm³/mol. The van der Waals surface area contributed by atoms with E-state index in [4.69, 9.17) is 4.74 Å². The number of carboxylic acid groups (broad SMARTS) is 1. The van der Waals surface area contributed by atoms with Crippen molar-refractivity contribution in [1.29, 1.82) is 0 Å². The largest absolute Gasteiger partial charge is 0.480 e. The summed E-state index contributed by atoms with van der Waals surface area (Å²) in [6, 6.07) is 6.00. The number of aliphatic carboxylic acids is 1. The highest BCUT2D eigenvalue weighted by Gasteiger charge is 2.38. The molecule has 114 valence electrons. The first-order valence-electron chi connectivity index (χ1n) is 7.04. The SMILES string of the molecule is CCOC(C)CNC(=O)N1c2ccccc2C[C@H]1C(=O)O. The maximum Gasteiger partial charge on any atom is 0.327 e. The molecule has 1 heterocycles. The van der Waals surface area contributed by atoms with Crippen LogP contribution in [0.4, 0.5) is 10.5 Å². The maximum atomic E-state index is 12.3. The van der Waals surface area contributed by atoms with E-state index in [-0.39, 0.29) is 6.10 Å². The minimum atomic E-state index is -1.00. The number of carboxylic acids is 1. The van der Waals surface area contributed by atoms with Crippen molar-refractivity contribution < 1.29 is 19.4 Å². The summed E-state index contributed by atoms with van der Waals surface area (Å²) in [6.45, 7) is 4.66. The molecule has 0 saturated heterocycles. The number of ether oxygens (including phenoxy) is 1. The summed E-state index contributed by atoms with van der Waals surface area (Å²) in [6.07, 6.45) is 0.222. The Morgan fingerprint density at radius 3 is 2.86 bits per heavy atom. The monoisotopic (exact) mass is 292 g/mol. The molecule has 6 heteroatoms. The number of anilines is 1. The van der Waals surface area contributed by atoms with Crippen LogP contribution in [0.2, 0.25) is 0 Å². The second-order valence-corrected chi connectivity index (χ2v) is 5.01. The molecule has 0 spiro atoms. The smallest absolute Gasteiger partial charge is 0.327 e. The van der Waals surface area contributed by atoms with Gasteiger partial charge in [-0.1, -0.05) is 18.2 Å². The van der Waals surface area contributed by atoms with Crippen LogP contribution in [0.1, 0.15) is 19.4 Å². The zero-order valence-corrected chi connectivity index (χ0v) is 12.2. The van der Waals surface area contributed by atoms with E-state index in [0.717, 1.165) is 5.56 Å². The molecule has 1 unspecified atom stereocenters. The van der Waals surface area contributed by atoms with Gasteiger partial charge in [0.25, 0.3) is 0 Å². The van der Waals surface area contributed by atoms with Gasteiger partial charge in [-0.05, 0) is 25.5 Å². The standard InChI is InChI=1S/C15H20N2O4/c1-3-21-10(2)9-16-15(20)17-12-7-5-4-6-11(12)8-13(17)14(18)19/h4-7,10,13H,3,8-9H2,1-2H3,(H,16,20)(H,18,19)/t10?,13-/m0/s1. The van der Waals surface area contributed by atoms with Gasteiger partial charge in [-0.2, -0.15) is 0 Å². The summed E-state index contributed by atoms with van der Waals surface area (Å²) in [5, 5.41) is 12.1. The molecule has 1 aromatic carbocycles. The van der Waals surface area contributed by atoms with Crippen LogP contribution in [0.15, 0.2) is 24.3 Å². The van der Waals surface area contributed by atoms with Crippen LogP contribution in [0.3, 0.4) is 0 Å². The zero-order chi connectivity index (χ0) is 15.4. The average molecular weight is 292 g/mol. The molecule has 1 aliphatic rings. The molecule has 2 N–H and O–H groups in total. The third-order valence-corrected chi connectivity index (χ3v) is 3.47. The fraction of sp³-hybridized carbons (Fsp3) is 0.467. The van der Waals surface area contributed by atoms with Crippen LogP contribution < -0.4 is 10.2 Å². The molecular formula is C15H20N2O4. The van der Waals surface area contributed by atoms with Crippen molar-refractivity contribution in [2.45, 2.75) is 32.4 Å². The minimum Gasteiger partial charge on any atom is -0.480 e. The van der Waals surface area contributed by atoms with Crippen LogP contribution >= 0.6 is 0 Å². The van der Waals surface area contributed by atoms with Gasteiger partial charge in [-0.3, -0.25) is 4.90 Å². The van der Waals surface area contributed by atoms with Crippen molar-refractivity contribution in [2.75, 3.05) is 18.1 Å². The molecule has 0 saturated carbocycles. The van der Waals surface area contributed by atoms with Crippen molar-refractivity contribution in [3.8, 4) is 0 Å². The maximum absolute atomic E-state index is 12.3. The van der Waals surface area contributed by atoms with Gasteiger partial charge in [-0.15, -0.1) is 0 Å². The van der Waals surface area contributed by atoms with Gasteiger partial charge in [-0.25, -0.2) is 9.59 Å². The third kappa shape index (κ3) is 3.33. The lowest BCUT2D eigenvalue weighted by Crippen LogP contribution is -2.49. The van der Waals surface area contributed by atoms with Gasteiger partial charge in [0.2, 0.25) is 0 Å². The first-order valence-corrected chi connectivity index (χ1v) is 7.04. The number of nitrogens with zero attached hydrogens (tertiary/aromatic N) is 1. The van der Waals surface area contributed by atoms with Gasteiger partial charge in [0.05, 0.1) is 6.10 Å². The normalized spacial score (nSPS) is 18.2. The second kappa shape index (κ2) is 6.58. The summed E-state index contributed by atoms with van der Waals surface area (Å²) in [4.78, 5) is 25.0. The molecule has 0 aliphatic carbocycles. The van der Waals surface area contributed by atoms with E-state index in [1.807, 2.05) is 26.0 Å². The lowest BCUT2D eigenvalue weighted by atomic mass is 10.1. The Morgan fingerprint density at radius 1 is 1.48 bits per heavy atom. The van der Waals surface area contributed by atoms with Crippen molar-refractivity contribution in [3.05, 3.63) is 29.8 Å². The fourth-order valence-electron chi connectivity index (χ4n) is 2.49. The first-order chi connectivity index (χ1) is 10.0. The number of carbonyl (C=O) groups excluding carboxylic acids is 1. The predicted octanol–water partition coefficient (Wildman–Crippen LogP) is 1.64. The number of rotatable bonds is 5. The number of amides is 2. The van der Waals surface area contributed by atoms with E-state index in [1.165, 1.54) is 4.90 Å². The lowest BCUT2D eigenvalue weighted by molar-refractivity contribution is -0.138. The van der Waals surface area contributed by atoms with Crippen molar-refractivity contribution in [2.24, 2.45) is 0 Å². The highest BCUT2D eigenvalue weighted by Crippen LogP contribution is 2.32. The van der Waals surface area contributed by atoms with Crippen LogP contribution in [0.25, 0.3) is 0 Å². The van der Waals surface area contributed by atoms with Crippen LogP contribution in [0.5, 0.6) is 0 Å². The molecule has 2 rings (SSSR count). The number of benzene rings is 1. The van der Waals surface area contributed by atoms with Crippen LogP contribution in [-0.2, 0) is 16.0 Å². The first kappa shape index (κ1) is 15.3. The van der Waals surface area contributed by atoms with E-state index in [1.54, 1.807) is 12.1 Å². The Labute approximate surface area is 123 Å². The quantitative estimate of drug-likeness (QED) is 0.864. The molecule has 21 heavy (non-hydrogen) atoms. The van der Waals surface area contributed by atoms with E-state index < -0.39 is 18.0 Å². The van der Waals surface area contributed by atoms with Gasteiger partial charge >= 0.3 is 12.0 Å². The molecular weight excluding hydrogens is 272 g/mol. The Balaban J connectivity index is 2.11. The number of para-hydroxylation sites is 1. The highest BCUT2D eigenvalue weighted by molar-refractivity contribution is 6.01. The van der Waals surface area contributed by atoms with Crippen molar-refractivity contribution in [1.82, 2.24) is 5.32 Å². The number of urea groups is 1. The van der Waals surface area contributed by atoms with Crippen LogP contribution in [0, 0.1) is 0 Å². The highest BCUT2D eigenvalue weighted by atomic mass is 16.5. The van der Waals surface area contributed by atoms with Crippen molar-refractivity contribution in [3.63, 3.8) is 0 Å². The summed E-state index contributed by atoms with van der Waals surface area (Å²) >= 11 is 0. The Bertz CT molecular complexity index is 532.